The van der Waals surface area contributed by atoms with E-state index >= 15 is 0 Å². The van der Waals surface area contributed by atoms with Crippen molar-refractivity contribution in [2.24, 2.45) is 7.05 Å². The van der Waals surface area contributed by atoms with Gasteiger partial charge in [-0.1, -0.05) is 0 Å². The molecule has 94 valence electrons. The molecule has 1 aliphatic rings. The number of halogens is 1. The molecule has 0 aromatic carbocycles. The molecule has 0 aliphatic carbocycles. The molecule has 1 aliphatic heterocycles. The summed E-state index contributed by atoms with van der Waals surface area (Å²) < 4.78 is 2.85. The van der Waals surface area contributed by atoms with Crippen LogP contribution in [0, 0.1) is 0 Å². The minimum atomic E-state index is 0.221. The fourth-order valence-corrected chi connectivity index (χ4v) is 2.53. The molecule has 2 aromatic rings. The topological polar surface area (TPSA) is 59.7 Å². The molecule has 6 nitrogen and oxygen atoms in total. The molecule has 0 saturated carbocycles. The zero-order valence-corrected chi connectivity index (χ0v) is 11.6. The number of hydrogen-bond acceptors (Lipinski definition) is 5. The van der Waals surface area contributed by atoms with E-state index in [9.17, 15) is 0 Å². The zero-order valence-electron chi connectivity index (χ0n) is 9.99. The number of hydrogen-bond donors (Lipinski definition) is 0. The van der Waals surface area contributed by atoms with E-state index in [0.717, 1.165) is 35.6 Å². The standard InChI is InChI=1S/C11H13BrN6/c1-17-7-15-16-10(17)9-3-2-4-18(9)11-13-5-8(12)6-14-11/h5-7,9H,2-4H2,1H3. The van der Waals surface area contributed by atoms with Crippen LogP contribution in [0.2, 0.25) is 0 Å². The molecular weight excluding hydrogens is 296 g/mol. The van der Waals surface area contributed by atoms with Crippen LogP contribution in [0.4, 0.5) is 5.95 Å². The van der Waals surface area contributed by atoms with Crippen LogP contribution in [0.25, 0.3) is 0 Å². The molecule has 3 rings (SSSR count). The third kappa shape index (κ3) is 1.98. The summed E-state index contributed by atoms with van der Waals surface area (Å²) in [7, 11) is 1.97. The van der Waals surface area contributed by atoms with Crippen molar-refractivity contribution in [3.8, 4) is 0 Å². The first-order valence-corrected chi connectivity index (χ1v) is 6.63. The van der Waals surface area contributed by atoms with Gasteiger partial charge in [-0.05, 0) is 28.8 Å². The van der Waals surface area contributed by atoms with Gasteiger partial charge in [0.1, 0.15) is 6.33 Å². The highest BCUT2D eigenvalue weighted by Gasteiger charge is 2.31. The Morgan fingerprint density at radius 2 is 2.11 bits per heavy atom. The van der Waals surface area contributed by atoms with Crippen molar-refractivity contribution in [1.29, 1.82) is 0 Å². The van der Waals surface area contributed by atoms with Crippen molar-refractivity contribution in [2.45, 2.75) is 18.9 Å². The van der Waals surface area contributed by atoms with Crippen LogP contribution in [0.1, 0.15) is 24.7 Å². The van der Waals surface area contributed by atoms with E-state index in [1.165, 1.54) is 0 Å². The van der Waals surface area contributed by atoms with Gasteiger partial charge in [0.15, 0.2) is 5.82 Å². The molecule has 2 aromatic heterocycles. The summed E-state index contributed by atoms with van der Waals surface area (Å²) in [6, 6.07) is 0.221. The maximum absolute atomic E-state index is 4.36. The summed E-state index contributed by atoms with van der Waals surface area (Å²) in [5.41, 5.74) is 0. The Balaban J connectivity index is 1.92. The Morgan fingerprint density at radius 1 is 1.33 bits per heavy atom. The highest BCUT2D eigenvalue weighted by atomic mass is 79.9. The van der Waals surface area contributed by atoms with E-state index in [4.69, 9.17) is 0 Å². The third-order valence-corrected chi connectivity index (χ3v) is 3.57. The smallest absolute Gasteiger partial charge is 0.225 e. The summed E-state index contributed by atoms with van der Waals surface area (Å²) >= 11 is 3.35. The maximum atomic E-state index is 4.36. The van der Waals surface area contributed by atoms with Gasteiger partial charge in [0, 0.05) is 26.0 Å². The van der Waals surface area contributed by atoms with Gasteiger partial charge in [-0.2, -0.15) is 0 Å². The van der Waals surface area contributed by atoms with Crippen molar-refractivity contribution >= 4 is 21.9 Å². The normalized spacial score (nSPS) is 19.4. The molecule has 1 atom stereocenters. The lowest BCUT2D eigenvalue weighted by Crippen LogP contribution is -2.26. The molecule has 0 N–H and O–H groups in total. The van der Waals surface area contributed by atoms with Crippen molar-refractivity contribution in [2.75, 3.05) is 11.4 Å². The SMILES string of the molecule is Cn1cnnc1C1CCCN1c1ncc(Br)cn1. The van der Waals surface area contributed by atoms with E-state index in [1.54, 1.807) is 18.7 Å². The second-order valence-electron chi connectivity index (χ2n) is 4.35. The molecule has 7 heteroatoms. The fraction of sp³-hybridized carbons (Fsp3) is 0.455. The second-order valence-corrected chi connectivity index (χ2v) is 5.27. The highest BCUT2D eigenvalue weighted by Crippen LogP contribution is 2.32. The lowest BCUT2D eigenvalue weighted by Gasteiger charge is -2.23. The summed E-state index contributed by atoms with van der Waals surface area (Å²) in [6.07, 6.45) is 7.46. The summed E-state index contributed by atoms with van der Waals surface area (Å²) in [5, 5.41) is 8.14. The largest absolute Gasteiger partial charge is 0.331 e. The monoisotopic (exact) mass is 308 g/mol. The Hall–Kier alpha value is -1.50. The molecule has 1 fully saturated rings. The first kappa shape index (κ1) is 11.6. The van der Waals surface area contributed by atoms with Crippen LogP contribution in [0.3, 0.4) is 0 Å². The van der Waals surface area contributed by atoms with Gasteiger partial charge in [0.05, 0.1) is 10.5 Å². The number of anilines is 1. The van der Waals surface area contributed by atoms with Crippen LogP contribution >= 0.6 is 15.9 Å². The summed E-state index contributed by atoms with van der Waals surface area (Å²) in [5.74, 6) is 1.72. The van der Waals surface area contributed by atoms with E-state index in [2.05, 4.69) is 41.0 Å². The molecule has 3 heterocycles. The molecule has 1 saturated heterocycles. The van der Waals surface area contributed by atoms with E-state index < -0.39 is 0 Å². The fourth-order valence-electron chi connectivity index (χ4n) is 2.32. The second kappa shape index (κ2) is 4.64. The first-order valence-electron chi connectivity index (χ1n) is 5.84. The third-order valence-electron chi connectivity index (χ3n) is 3.16. The minimum absolute atomic E-state index is 0.221. The molecule has 1 unspecified atom stereocenters. The van der Waals surface area contributed by atoms with Crippen LogP contribution < -0.4 is 4.90 Å². The van der Waals surface area contributed by atoms with Crippen molar-refractivity contribution in [3.05, 3.63) is 29.0 Å². The van der Waals surface area contributed by atoms with Crippen molar-refractivity contribution in [1.82, 2.24) is 24.7 Å². The van der Waals surface area contributed by atoms with Gasteiger partial charge in [0.2, 0.25) is 5.95 Å². The Bertz CT molecular complexity index is 537. The number of aryl methyl sites for hydroxylation is 1. The van der Waals surface area contributed by atoms with Gasteiger partial charge in [-0.25, -0.2) is 9.97 Å². The molecule has 0 amide bonds. The molecule has 0 radical (unpaired) electrons. The lowest BCUT2D eigenvalue weighted by molar-refractivity contribution is 0.619. The molecule has 18 heavy (non-hydrogen) atoms. The maximum Gasteiger partial charge on any atom is 0.225 e. The molecular formula is C11H13BrN6. The number of nitrogens with zero attached hydrogens (tertiary/aromatic N) is 6. The molecule has 0 bridgehead atoms. The Labute approximate surface area is 113 Å². The van der Waals surface area contributed by atoms with E-state index in [-0.39, 0.29) is 6.04 Å². The Kier molecular flexibility index (Phi) is 2.99. The van der Waals surface area contributed by atoms with Gasteiger partial charge < -0.3 is 9.47 Å². The van der Waals surface area contributed by atoms with Gasteiger partial charge in [0.25, 0.3) is 0 Å². The lowest BCUT2D eigenvalue weighted by atomic mass is 10.2. The Morgan fingerprint density at radius 3 is 2.78 bits per heavy atom. The highest BCUT2D eigenvalue weighted by molar-refractivity contribution is 9.10. The van der Waals surface area contributed by atoms with Crippen LogP contribution in [0.5, 0.6) is 0 Å². The number of rotatable bonds is 2. The first-order chi connectivity index (χ1) is 8.75. The number of aromatic nitrogens is 5. The predicted molar refractivity (Wildman–Crippen MR) is 70.1 cm³/mol. The van der Waals surface area contributed by atoms with E-state index in [1.807, 2.05) is 11.6 Å². The quantitative estimate of drug-likeness (QED) is 0.845. The predicted octanol–water partition coefficient (Wildman–Crippen LogP) is 1.71. The van der Waals surface area contributed by atoms with Crippen LogP contribution in [0.15, 0.2) is 23.2 Å². The molecule has 0 spiro atoms. The van der Waals surface area contributed by atoms with Gasteiger partial charge >= 0.3 is 0 Å². The van der Waals surface area contributed by atoms with Gasteiger partial charge in [-0.3, -0.25) is 0 Å². The summed E-state index contributed by atoms with van der Waals surface area (Å²) in [4.78, 5) is 10.9. The van der Waals surface area contributed by atoms with Crippen molar-refractivity contribution in [3.63, 3.8) is 0 Å². The zero-order chi connectivity index (χ0) is 12.5. The van der Waals surface area contributed by atoms with Gasteiger partial charge in [-0.15, -0.1) is 10.2 Å². The van der Waals surface area contributed by atoms with E-state index in [0.29, 0.717) is 0 Å². The minimum Gasteiger partial charge on any atom is -0.331 e. The summed E-state index contributed by atoms with van der Waals surface area (Å²) in [6.45, 7) is 0.957. The van der Waals surface area contributed by atoms with Crippen molar-refractivity contribution < 1.29 is 0 Å². The average molecular weight is 309 g/mol. The average Bonchev–Trinajstić information content (AvgIpc) is 2.98. The van der Waals surface area contributed by atoms with Crippen LogP contribution in [-0.2, 0) is 7.05 Å². The van der Waals surface area contributed by atoms with Crippen LogP contribution in [-0.4, -0.2) is 31.3 Å².